The van der Waals surface area contributed by atoms with Gasteiger partial charge in [-0.05, 0) is 82.6 Å². The van der Waals surface area contributed by atoms with Crippen LogP contribution in [0.5, 0.6) is 23.0 Å². The SMILES string of the molecule is C=Cc1cc(C(C)(C)C)cc(-c2cc(C(C)(C)C)cc(C=C)c2Oc2cccc3o[pH]oc4ccccc4c23)c1Oc1cccc2o[pH]oc3ccccc3c12. The van der Waals surface area contributed by atoms with E-state index in [1.54, 1.807) is 0 Å². The minimum Gasteiger partial charge on any atom is -0.455 e. The van der Waals surface area contributed by atoms with Crippen molar-refractivity contribution in [3.8, 4) is 34.1 Å². The molecule has 282 valence electrons. The van der Waals surface area contributed by atoms with Gasteiger partial charge in [-0.2, -0.15) is 0 Å². The van der Waals surface area contributed by atoms with Crippen molar-refractivity contribution in [2.45, 2.75) is 52.4 Å². The molecule has 8 aromatic rings. The largest absolute Gasteiger partial charge is 0.455 e. The van der Waals surface area contributed by atoms with E-state index in [1.165, 1.54) is 0 Å². The molecule has 6 nitrogen and oxygen atoms in total. The molecule has 2 atom stereocenters. The highest BCUT2D eigenvalue weighted by Crippen LogP contribution is 2.50. The van der Waals surface area contributed by atoms with E-state index in [9.17, 15) is 0 Å². The summed E-state index contributed by atoms with van der Waals surface area (Å²) in [6, 6.07) is 36.4. The Morgan fingerprint density at radius 3 is 1.25 bits per heavy atom. The zero-order valence-electron chi connectivity index (χ0n) is 32.4. The maximum atomic E-state index is 7.20. The number of benzene rings is 6. The molecular weight excluding hydrogens is 734 g/mol. The number of hydrogen-bond donors (Lipinski definition) is 0. The van der Waals surface area contributed by atoms with Gasteiger partial charge in [0.25, 0.3) is 0 Å². The van der Waals surface area contributed by atoms with Crippen molar-refractivity contribution in [1.29, 1.82) is 0 Å². The van der Waals surface area contributed by atoms with Crippen LogP contribution < -0.4 is 9.47 Å². The molecule has 0 aliphatic heterocycles. The van der Waals surface area contributed by atoms with Crippen LogP contribution in [0.15, 0.2) is 139 Å². The van der Waals surface area contributed by atoms with Crippen molar-refractivity contribution < 1.29 is 26.3 Å². The maximum Gasteiger partial charge on any atom is 0.201 e. The number of ether oxygens (including phenoxy) is 2. The molecule has 2 unspecified atom stereocenters. The summed E-state index contributed by atoms with van der Waals surface area (Å²) >= 11 is 0. The Labute approximate surface area is 329 Å². The van der Waals surface area contributed by atoms with Crippen LogP contribution in [-0.4, -0.2) is 0 Å². The Balaban J connectivity index is 1.46. The van der Waals surface area contributed by atoms with Gasteiger partial charge in [0.05, 0.1) is 10.8 Å². The first kappa shape index (κ1) is 37.1. The lowest BCUT2D eigenvalue weighted by Crippen LogP contribution is -2.13. The lowest BCUT2D eigenvalue weighted by molar-refractivity contribution is 0.480. The average Bonchev–Trinajstić information content (AvgIpc) is 3.50. The second-order valence-corrected chi connectivity index (χ2v) is 17.0. The third-order valence-corrected chi connectivity index (χ3v) is 11.2. The van der Waals surface area contributed by atoms with Crippen molar-refractivity contribution >= 4 is 73.4 Å². The summed E-state index contributed by atoms with van der Waals surface area (Å²) in [5.74, 6) is 2.51. The maximum absolute atomic E-state index is 7.20. The molecule has 0 radical (unpaired) electrons. The average molecular weight is 779 g/mol. The molecule has 8 heteroatoms. The standard InChI is InChI=1S/C48H44O6P2/c1-9-29-25-31(47(3,4)5)27-35(45(29)49-39-21-15-23-41-43(39)33-17-11-13-19-37(33)51-55-53-41)36-28-32(48(6,7)8)26-30(10-2)46(36)50-40-22-16-24-42-44(40)34-18-12-14-20-38(34)52-56-54-42/h9-28,55-56H,1-2H2,3-8H3. The number of rotatable bonds is 7. The zero-order valence-corrected chi connectivity index (χ0v) is 34.4. The van der Waals surface area contributed by atoms with Gasteiger partial charge in [-0.3, -0.25) is 0 Å². The van der Waals surface area contributed by atoms with Crippen LogP contribution >= 0.6 is 17.3 Å². The van der Waals surface area contributed by atoms with Gasteiger partial charge in [0.2, 0.25) is 17.3 Å². The van der Waals surface area contributed by atoms with Crippen molar-refractivity contribution in [1.82, 2.24) is 0 Å². The summed E-state index contributed by atoms with van der Waals surface area (Å²) < 4.78 is 38.8. The fourth-order valence-electron chi connectivity index (χ4n) is 6.96. The quantitative estimate of drug-likeness (QED) is 0.160. The molecule has 56 heavy (non-hydrogen) atoms. The molecule has 0 saturated carbocycles. The minimum absolute atomic E-state index is 0.191. The van der Waals surface area contributed by atoms with E-state index in [0.717, 1.165) is 66.1 Å². The van der Waals surface area contributed by atoms with Crippen LogP contribution in [0.25, 0.3) is 67.2 Å². The van der Waals surface area contributed by atoms with E-state index in [2.05, 4.69) is 79.0 Å². The van der Waals surface area contributed by atoms with E-state index in [-0.39, 0.29) is 28.2 Å². The normalized spacial score (nSPS) is 12.2. The molecular formula is C48H44O6P2. The summed E-state index contributed by atoms with van der Waals surface area (Å²) in [6.45, 7) is 21.9. The van der Waals surface area contributed by atoms with E-state index in [1.807, 2.05) is 97.1 Å². The Morgan fingerprint density at radius 2 is 0.857 bits per heavy atom. The van der Waals surface area contributed by atoms with Gasteiger partial charge in [0.1, 0.15) is 45.3 Å². The predicted molar refractivity (Wildman–Crippen MR) is 236 cm³/mol. The third kappa shape index (κ3) is 6.96. The molecule has 0 aliphatic carbocycles. The number of fused-ring (bicyclic) bond motifs is 6. The van der Waals surface area contributed by atoms with E-state index in [0.29, 0.717) is 34.2 Å². The topological polar surface area (TPSA) is 71.0 Å². The Morgan fingerprint density at radius 1 is 0.482 bits per heavy atom. The van der Waals surface area contributed by atoms with Crippen LogP contribution in [0, 0.1) is 0 Å². The van der Waals surface area contributed by atoms with Crippen LogP contribution in [0.4, 0.5) is 0 Å². The summed E-state index contributed by atoms with van der Waals surface area (Å²) in [5, 5.41) is 3.41. The molecule has 0 N–H and O–H groups in total. The van der Waals surface area contributed by atoms with Gasteiger partial charge < -0.3 is 26.3 Å². The van der Waals surface area contributed by atoms with Crippen molar-refractivity contribution in [3.05, 3.63) is 145 Å². The lowest BCUT2D eigenvalue weighted by Gasteiger charge is -2.27. The first-order valence-electron chi connectivity index (χ1n) is 18.5. The predicted octanol–water partition coefficient (Wildman–Crippen LogP) is 16.1. The number of hydrogen-bond acceptors (Lipinski definition) is 6. The molecule has 0 fully saturated rings. The molecule has 0 aliphatic rings. The minimum atomic E-state index is -0.206. The van der Waals surface area contributed by atoms with Gasteiger partial charge in [0.15, 0.2) is 0 Å². The second-order valence-electron chi connectivity index (χ2n) is 15.8. The molecule has 2 heterocycles. The fourth-order valence-corrected chi connectivity index (χ4v) is 8.10. The Hall–Kier alpha value is -5.80. The van der Waals surface area contributed by atoms with E-state index >= 15 is 0 Å². The van der Waals surface area contributed by atoms with Crippen molar-refractivity contribution in [2.75, 3.05) is 0 Å². The third-order valence-electron chi connectivity index (χ3n) is 10.0. The highest BCUT2D eigenvalue weighted by atomic mass is 31.1. The highest BCUT2D eigenvalue weighted by Gasteiger charge is 2.27. The summed E-state index contributed by atoms with van der Waals surface area (Å²) in [7, 11) is -0.381. The highest BCUT2D eigenvalue weighted by molar-refractivity contribution is 7.15. The molecule has 0 amide bonds. The fraction of sp³-hybridized carbons (Fsp3) is 0.167. The first-order chi connectivity index (χ1) is 26.9. The van der Waals surface area contributed by atoms with Gasteiger partial charge in [0, 0.05) is 33.0 Å². The van der Waals surface area contributed by atoms with Crippen LogP contribution in [0.1, 0.15) is 63.8 Å². The monoisotopic (exact) mass is 778 g/mol. The van der Waals surface area contributed by atoms with Crippen LogP contribution in [0.2, 0.25) is 0 Å². The summed E-state index contributed by atoms with van der Waals surface area (Å²) in [4.78, 5) is 0. The summed E-state index contributed by atoms with van der Waals surface area (Å²) in [6.07, 6.45) is 3.72. The van der Waals surface area contributed by atoms with E-state index in [4.69, 9.17) is 26.3 Å². The Kier molecular flexibility index (Phi) is 9.74. The van der Waals surface area contributed by atoms with Gasteiger partial charge in [-0.25, -0.2) is 0 Å². The second kappa shape index (κ2) is 14.7. The van der Waals surface area contributed by atoms with Crippen LogP contribution in [0.3, 0.4) is 0 Å². The molecule has 2 aromatic heterocycles. The molecule has 6 aromatic carbocycles. The van der Waals surface area contributed by atoms with Gasteiger partial charge >= 0.3 is 0 Å². The molecule has 8 rings (SSSR count). The molecule has 0 saturated heterocycles. The molecule has 0 spiro atoms. The van der Waals surface area contributed by atoms with Gasteiger partial charge in [-0.1, -0.05) is 115 Å². The Bertz CT molecular complexity index is 2690. The van der Waals surface area contributed by atoms with Crippen LogP contribution in [-0.2, 0) is 10.8 Å². The zero-order chi connectivity index (χ0) is 39.2. The first-order valence-corrected chi connectivity index (χ1v) is 20.2. The van der Waals surface area contributed by atoms with Crippen molar-refractivity contribution in [2.24, 2.45) is 0 Å². The van der Waals surface area contributed by atoms with E-state index < -0.39 is 0 Å². The summed E-state index contributed by atoms with van der Waals surface area (Å²) in [5.41, 5.74) is 8.03. The lowest BCUT2D eigenvalue weighted by atomic mass is 9.81. The van der Waals surface area contributed by atoms with Gasteiger partial charge in [-0.15, -0.1) is 0 Å². The number of para-hydroxylation sites is 2. The smallest absolute Gasteiger partial charge is 0.201 e. The molecule has 0 bridgehead atoms. The van der Waals surface area contributed by atoms with Crippen molar-refractivity contribution in [3.63, 3.8) is 0 Å².